The lowest BCUT2D eigenvalue weighted by atomic mass is 10.3. The number of carbonyl (C=O) groups is 2. The summed E-state index contributed by atoms with van der Waals surface area (Å²) in [4.78, 5) is 24.7. The fourth-order valence-electron chi connectivity index (χ4n) is 1.77. The van der Waals surface area contributed by atoms with Gasteiger partial charge in [0.2, 0.25) is 0 Å². The van der Waals surface area contributed by atoms with Gasteiger partial charge in [-0.05, 0) is 49.4 Å². The summed E-state index contributed by atoms with van der Waals surface area (Å²) < 4.78 is 19.1. The number of thioether (sulfide) groups is 1. The largest absolute Gasteiger partial charge is 0.452 e. The second-order valence-corrected chi connectivity index (χ2v) is 6.84. The molecule has 2 aromatic carbocycles. The van der Waals surface area contributed by atoms with Crippen molar-refractivity contribution in [3.05, 3.63) is 58.8 Å². The van der Waals surface area contributed by atoms with Crippen molar-refractivity contribution in [1.82, 2.24) is 0 Å². The van der Waals surface area contributed by atoms with Crippen LogP contribution in [0, 0.1) is 5.82 Å². The van der Waals surface area contributed by atoms with E-state index in [9.17, 15) is 14.0 Å². The van der Waals surface area contributed by atoms with Crippen LogP contribution in [0.25, 0.3) is 0 Å². The molecule has 24 heavy (non-hydrogen) atoms. The van der Waals surface area contributed by atoms with Crippen LogP contribution in [0.15, 0.2) is 57.9 Å². The molecule has 0 heterocycles. The summed E-state index contributed by atoms with van der Waals surface area (Å²) in [6, 6.07) is 13.0. The monoisotopic (exact) mass is 411 g/mol. The molecule has 0 aliphatic rings. The van der Waals surface area contributed by atoms with E-state index in [1.165, 1.54) is 36.9 Å². The van der Waals surface area contributed by atoms with Crippen molar-refractivity contribution < 1.29 is 18.7 Å². The molecule has 2 rings (SSSR count). The number of ether oxygens (including phenoxy) is 1. The molecule has 0 saturated carbocycles. The molecule has 126 valence electrons. The van der Waals surface area contributed by atoms with Gasteiger partial charge >= 0.3 is 5.97 Å². The number of amides is 1. The molecule has 7 heteroatoms. The smallest absolute Gasteiger partial charge is 0.317 e. The second-order valence-electron chi connectivity index (χ2n) is 4.87. The van der Waals surface area contributed by atoms with Gasteiger partial charge in [0.1, 0.15) is 5.82 Å². The van der Waals surface area contributed by atoms with Gasteiger partial charge in [-0.1, -0.05) is 22.0 Å². The first-order valence-corrected chi connectivity index (χ1v) is 8.86. The number of esters is 1. The maximum Gasteiger partial charge on any atom is 0.317 e. The van der Waals surface area contributed by atoms with Crippen LogP contribution in [0.4, 0.5) is 10.1 Å². The zero-order valence-corrected chi connectivity index (χ0v) is 15.2. The summed E-state index contributed by atoms with van der Waals surface area (Å²) in [6.45, 7) is 1.47. The molecule has 2 aromatic rings. The molecule has 0 spiro atoms. The van der Waals surface area contributed by atoms with Gasteiger partial charge in [-0.25, -0.2) is 4.39 Å². The molecule has 0 aliphatic carbocycles. The molecule has 0 aliphatic heterocycles. The lowest BCUT2D eigenvalue weighted by Gasteiger charge is -2.13. The molecule has 1 N–H and O–H groups in total. The fraction of sp³-hybridized carbons (Fsp3) is 0.176. The average Bonchev–Trinajstić information content (AvgIpc) is 2.54. The normalized spacial score (nSPS) is 11.6. The zero-order chi connectivity index (χ0) is 17.5. The first kappa shape index (κ1) is 18.5. The average molecular weight is 412 g/mol. The van der Waals surface area contributed by atoms with Crippen LogP contribution in [0.2, 0.25) is 0 Å². The molecule has 0 saturated heterocycles. The van der Waals surface area contributed by atoms with Gasteiger partial charge in [0.15, 0.2) is 6.10 Å². The number of halogens is 2. The van der Waals surface area contributed by atoms with Crippen LogP contribution < -0.4 is 5.32 Å². The van der Waals surface area contributed by atoms with Crippen LogP contribution in [0.5, 0.6) is 0 Å². The molecule has 0 fully saturated rings. The highest BCUT2D eigenvalue weighted by Crippen LogP contribution is 2.20. The Kier molecular flexibility index (Phi) is 6.81. The maximum absolute atomic E-state index is 13.1. The summed E-state index contributed by atoms with van der Waals surface area (Å²) in [5, 5.41) is 2.50. The molecule has 0 radical (unpaired) electrons. The van der Waals surface area contributed by atoms with Crippen molar-refractivity contribution >= 4 is 45.3 Å². The summed E-state index contributed by atoms with van der Waals surface area (Å²) in [6.07, 6.45) is -0.966. The van der Waals surface area contributed by atoms with E-state index in [-0.39, 0.29) is 5.75 Å². The van der Waals surface area contributed by atoms with Crippen molar-refractivity contribution in [1.29, 1.82) is 0 Å². The van der Waals surface area contributed by atoms with E-state index in [2.05, 4.69) is 21.2 Å². The summed E-state index contributed by atoms with van der Waals surface area (Å²) in [5.41, 5.74) is 0.312. The van der Waals surface area contributed by atoms with Gasteiger partial charge in [-0.15, -0.1) is 11.8 Å². The van der Waals surface area contributed by atoms with Gasteiger partial charge in [-0.2, -0.15) is 0 Å². The highest BCUT2D eigenvalue weighted by molar-refractivity contribution is 9.10. The van der Waals surface area contributed by atoms with Crippen molar-refractivity contribution in [3.63, 3.8) is 0 Å². The number of rotatable bonds is 6. The Hall–Kier alpha value is -1.86. The van der Waals surface area contributed by atoms with E-state index in [4.69, 9.17) is 4.74 Å². The Bertz CT molecular complexity index is 724. The van der Waals surface area contributed by atoms with Gasteiger partial charge in [0.05, 0.1) is 5.75 Å². The standard InChI is InChI=1S/C17H15BrFNO3S/c1-11(17(22)20-14-4-2-3-13(19)9-14)23-16(21)10-24-15-7-5-12(18)6-8-15/h2-9,11H,10H2,1H3,(H,20,22)/t11-/m0/s1. The number of benzene rings is 2. The van der Waals surface area contributed by atoms with E-state index < -0.39 is 23.8 Å². The summed E-state index contributed by atoms with van der Waals surface area (Å²) in [5.74, 6) is -1.37. The molecule has 4 nitrogen and oxygen atoms in total. The van der Waals surface area contributed by atoms with Gasteiger partial charge in [0, 0.05) is 15.1 Å². The van der Waals surface area contributed by atoms with Crippen LogP contribution in [0.3, 0.4) is 0 Å². The quantitative estimate of drug-likeness (QED) is 0.570. The molecular formula is C17H15BrFNO3S. The molecule has 1 atom stereocenters. The third-order valence-corrected chi connectivity index (χ3v) is 4.45. The highest BCUT2D eigenvalue weighted by Gasteiger charge is 2.18. The first-order valence-electron chi connectivity index (χ1n) is 7.08. The minimum atomic E-state index is -0.966. The Labute approximate surface area is 151 Å². The topological polar surface area (TPSA) is 55.4 Å². The van der Waals surface area contributed by atoms with E-state index in [1.807, 2.05) is 24.3 Å². The number of carbonyl (C=O) groups excluding carboxylic acids is 2. The fourth-order valence-corrected chi connectivity index (χ4v) is 2.71. The third-order valence-electron chi connectivity index (χ3n) is 2.94. The molecule has 0 unspecified atom stereocenters. The zero-order valence-electron chi connectivity index (χ0n) is 12.8. The Morgan fingerprint density at radius 3 is 2.62 bits per heavy atom. The number of nitrogens with one attached hydrogen (secondary N) is 1. The van der Waals surface area contributed by atoms with Crippen molar-refractivity contribution in [3.8, 4) is 0 Å². The molecule has 0 bridgehead atoms. The molecular weight excluding hydrogens is 397 g/mol. The lowest BCUT2D eigenvalue weighted by molar-refractivity contribution is -0.150. The third kappa shape index (κ3) is 5.98. The molecule has 1 amide bonds. The van der Waals surface area contributed by atoms with E-state index in [1.54, 1.807) is 6.07 Å². The van der Waals surface area contributed by atoms with Gasteiger partial charge in [-0.3, -0.25) is 9.59 Å². The molecule has 0 aromatic heterocycles. The number of anilines is 1. The van der Waals surface area contributed by atoms with Crippen molar-refractivity contribution in [2.24, 2.45) is 0 Å². The van der Waals surface area contributed by atoms with Crippen LogP contribution in [-0.2, 0) is 14.3 Å². The highest BCUT2D eigenvalue weighted by atomic mass is 79.9. The Morgan fingerprint density at radius 2 is 1.96 bits per heavy atom. The minimum absolute atomic E-state index is 0.0964. The predicted molar refractivity (Wildman–Crippen MR) is 95.4 cm³/mol. The summed E-state index contributed by atoms with van der Waals surface area (Å²) >= 11 is 4.66. The number of hydrogen-bond donors (Lipinski definition) is 1. The van der Waals surface area contributed by atoms with E-state index >= 15 is 0 Å². The van der Waals surface area contributed by atoms with Crippen LogP contribution in [-0.4, -0.2) is 23.7 Å². The lowest BCUT2D eigenvalue weighted by Crippen LogP contribution is -2.30. The SMILES string of the molecule is C[C@H](OC(=O)CSc1ccc(Br)cc1)C(=O)Nc1cccc(F)c1. The second kappa shape index (κ2) is 8.84. The number of hydrogen-bond acceptors (Lipinski definition) is 4. The Morgan fingerprint density at radius 1 is 1.25 bits per heavy atom. The maximum atomic E-state index is 13.1. The van der Waals surface area contributed by atoms with Gasteiger partial charge in [0.25, 0.3) is 5.91 Å². The predicted octanol–water partition coefficient (Wildman–Crippen LogP) is 4.25. The minimum Gasteiger partial charge on any atom is -0.452 e. The van der Waals surface area contributed by atoms with Crippen molar-refractivity contribution in [2.45, 2.75) is 17.9 Å². The Balaban J connectivity index is 1.80. The van der Waals surface area contributed by atoms with E-state index in [0.717, 1.165) is 9.37 Å². The van der Waals surface area contributed by atoms with Crippen molar-refractivity contribution in [2.75, 3.05) is 11.1 Å². The van der Waals surface area contributed by atoms with E-state index in [0.29, 0.717) is 5.69 Å². The van der Waals surface area contributed by atoms with Crippen LogP contribution >= 0.6 is 27.7 Å². The van der Waals surface area contributed by atoms with Gasteiger partial charge < -0.3 is 10.1 Å². The van der Waals surface area contributed by atoms with Crippen LogP contribution in [0.1, 0.15) is 6.92 Å². The summed E-state index contributed by atoms with van der Waals surface area (Å²) in [7, 11) is 0. The first-order chi connectivity index (χ1) is 11.4.